The predicted octanol–water partition coefficient (Wildman–Crippen LogP) is 3.49. The number of nitrogens with zero attached hydrogens (tertiary/aromatic N) is 2. The zero-order valence-corrected chi connectivity index (χ0v) is 19.2. The summed E-state index contributed by atoms with van der Waals surface area (Å²) < 4.78 is 5.27. The van der Waals surface area contributed by atoms with E-state index in [1.165, 1.54) is 38.6 Å². The van der Waals surface area contributed by atoms with Crippen LogP contribution in [0.3, 0.4) is 0 Å². The maximum Gasteiger partial charge on any atom is 0.191 e. The molecule has 0 spiro atoms. The topological polar surface area (TPSA) is 48.9 Å². The summed E-state index contributed by atoms with van der Waals surface area (Å²) in [6.45, 7) is 13.8. The molecule has 25 heavy (non-hydrogen) atoms. The van der Waals surface area contributed by atoms with Crippen LogP contribution in [0.1, 0.15) is 59.3 Å². The molecule has 1 rings (SSSR count). The summed E-state index contributed by atoms with van der Waals surface area (Å²) in [7, 11) is 1.79. The van der Waals surface area contributed by atoms with Crippen LogP contribution in [0.4, 0.5) is 0 Å². The van der Waals surface area contributed by atoms with Gasteiger partial charge in [-0.2, -0.15) is 0 Å². The van der Waals surface area contributed by atoms with Crippen molar-refractivity contribution in [2.75, 3.05) is 53.0 Å². The standard InChI is InChI=1S/C19H40N4O.HI/c1-5-20-18(21-14-8-9-15-23(6-2)7-3)22-17-19(11-10-12-19)13-16-24-4;/h5-17H2,1-4H3,(H2,20,21,22);1H. The molecule has 1 aliphatic carbocycles. The molecular weight excluding hydrogens is 427 g/mol. The van der Waals surface area contributed by atoms with Crippen LogP contribution < -0.4 is 10.6 Å². The second kappa shape index (κ2) is 15.0. The van der Waals surface area contributed by atoms with E-state index in [4.69, 9.17) is 9.73 Å². The Labute approximate surface area is 172 Å². The summed E-state index contributed by atoms with van der Waals surface area (Å²) in [4.78, 5) is 7.34. The zero-order chi connectivity index (χ0) is 17.7. The molecule has 2 N–H and O–H groups in total. The van der Waals surface area contributed by atoms with Crippen molar-refractivity contribution in [1.82, 2.24) is 15.5 Å². The third kappa shape index (κ3) is 9.99. The van der Waals surface area contributed by atoms with Gasteiger partial charge in [-0.1, -0.05) is 20.3 Å². The molecule has 0 aromatic carbocycles. The highest BCUT2D eigenvalue weighted by atomic mass is 127. The van der Waals surface area contributed by atoms with Gasteiger partial charge in [-0.15, -0.1) is 24.0 Å². The predicted molar refractivity (Wildman–Crippen MR) is 119 cm³/mol. The lowest BCUT2D eigenvalue weighted by Crippen LogP contribution is -2.40. The van der Waals surface area contributed by atoms with E-state index in [9.17, 15) is 0 Å². The fraction of sp³-hybridized carbons (Fsp3) is 0.947. The first-order valence-corrected chi connectivity index (χ1v) is 9.93. The van der Waals surface area contributed by atoms with Crippen molar-refractivity contribution >= 4 is 29.9 Å². The smallest absolute Gasteiger partial charge is 0.191 e. The van der Waals surface area contributed by atoms with Crippen molar-refractivity contribution in [2.45, 2.75) is 59.3 Å². The zero-order valence-electron chi connectivity index (χ0n) is 16.9. The molecule has 0 radical (unpaired) electrons. The largest absolute Gasteiger partial charge is 0.385 e. The highest BCUT2D eigenvalue weighted by molar-refractivity contribution is 14.0. The summed E-state index contributed by atoms with van der Waals surface area (Å²) in [5.41, 5.74) is 0.390. The van der Waals surface area contributed by atoms with E-state index in [1.54, 1.807) is 7.11 Å². The molecule has 0 aliphatic heterocycles. The average molecular weight is 468 g/mol. The van der Waals surface area contributed by atoms with E-state index in [0.29, 0.717) is 5.41 Å². The number of halogens is 1. The lowest BCUT2D eigenvalue weighted by molar-refractivity contribution is 0.0778. The van der Waals surface area contributed by atoms with Gasteiger partial charge < -0.3 is 20.3 Å². The van der Waals surface area contributed by atoms with Gasteiger partial charge in [-0.25, -0.2) is 0 Å². The molecule has 0 unspecified atom stereocenters. The number of unbranched alkanes of at least 4 members (excludes halogenated alkanes) is 1. The number of guanidine groups is 1. The van der Waals surface area contributed by atoms with Crippen molar-refractivity contribution < 1.29 is 4.74 Å². The Morgan fingerprint density at radius 2 is 1.84 bits per heavy atom. The quantitative estimate of drug-likeness (QED) is 0.188. The lowest BCUT2D eigenvalue weighted by Gasteiger charge is -2.40. The first-order chi connectivity index (χ1) is 11.7. The minimum Gasteiger partial charge on any atom is -0.385 e. The monoisotopic (exact) mass is 468 g/mol. The van der Waals surface area contributed by atoms with E-state index >= 15 is 0 Å². The minimum atomic E-state index is 0. The Kier molecular flexibility index (Phi) is 15.0. The molecule has 1 aliphatic rings. The van der Waals surface area contributed by atoms with E-state index in [1.807, 2.05) is 0 Å². The fourth-order valence-electron chi connectivity index (χ4n) is 3.28. The van der Waals surface area contributed by atoms with Gasteiger partial charge >= 0.3 is 0 Å². The summed E-state index contributed by atoms with van der Waals surface area (Å²) in [5.74, 6) is 0.976. The number of ether oxygens (including phenoxy) is 1. The van der Waals surface area contributed by atoms with Gasteiger partial charge in [0.2, 0.25) is 0 Å². The number of aliphatic imine (C=N–C) groups is 1. The van der Waals surface area contributed by atoms with Crippen LogP contribution in [0.15, 0.2) is 4.99 Å². The normalized spacial score (nSPS) is 16.3. The summed E-state index contributed by atoms with van der Waals surface area (Å²) >= 11 is 0. The first kappa shape index (κ1) is 24.9. The number of hydrogen-bond donors (Lipinski definition) is 2. The van der Waals surface area contributed by atoms with Crippen LogP contribution in [0.5, 0.6) is 0 Å². The van der Waals surface area contributed by atoms with Crippen molar-refractivity contribution in [3.05, 3.63) is 0 Å². The SMILES string of the molecule is CCNC(=NCC1(CCOC)CCC1)NCCCCN(CC)CC.I. The Bertz CT molecular complexity index is 344. The second-order valence-corrected chi connectivity index (χ2v) is 6.95. The Balaban J connectivity index is 0.00000576. The van der Waals surface area contributed by atoms with Gasteiger partial charge in [-0.05, 0) is 64.1 Å². The van der Waals surface area contributed by atoms with E-state index < -0.39 is 0 Å². The van der Waals surface area contributed by atoms with Gasteiger partial charge in [0.25, 0.3) is 0 Å². The highest BCUT2D eigenvalue weighted by Crippen LogP contribution is 2.44. The van der Waals surface area contributed by atoms with Crippen LogP contribution >= 0.6 is 24.0 Å². The Hall–Kier alpha value is -0.0800. The third-order valence-electron chi connectivity index (χ3n) is 5.26. The molecular formula is C19H41IN4O. The molecule has 6 heteroatoms. The molecule has 5 nitrogen and oxygen atoms in total. The number of nitrogens with one attached hydrogen (secondary N) is 2. The molecule has 0 aromatic rings. The molecule has 0 saturated heterocycles. The van der Waals surface area contributed by atoms with Gasteiger partial charge in [0.15, 0.2) is 5.96 Å². The molecule has 0 amide bonds. The summed E-state index contributed by atoms with van der Waals surface area (Å²) in [6.07, 6.45) is 7.50. The van der Waals surface area contributed by atoms with Crippen molar-refractivity contribution in [3.8, 4) is 0 Å². The molecule has 1 fully saturated rings. The van der Waals surface area contributed by atoms with Crippen LogP contribution in [-0.2, 0) is 4.74 Å². The average Bonchev–Trinajstić information content (AvgIpc) is 2.56. The van der Waals surface area contributed by atoms with Crippen LogP contribution in [0, 0.1) is 5.41 Å². The Morgan fingerprint density at radius 3 is 2.36 bits per heavy atom. The van der Waals surface area contributed by atoms with Crippen LogP contribution in [0.2, 0.25) is 0 Å². The first-order valence-electron chi connectivity index (χ1n) is 9.93. The second-order valence-electron chi connectivity index (χ2n) is 6.95. The van der Waals surface area contributed by atoms with Crippen molar-refractivity contribution in [1.29, 1.82) is 0 Å². The molecule has 0 atom stereocenters. The minimum absolute atomic E-state index is 0. The van der Waals surface area contributed by atoms with Crippen LogP contribution in [-0.4, -0.2) is 63.8 Å². The Morgan fingerprint density at radius 1 is 1.12 bits per heavy atom. The van der Waals surface area contributed by atoms with E-state index in [0.717, 1.165) is 51.7 Å². The van der Waals surface area contributed by atoms with Crippen molar-refractivity contribution in [3.63, 3.8) is 0 Å². The maximum absolute atomic E-state index is 5.27. The van der Waals surface area contributed by atoms with Gasteiger partial charge in [0, 0.05) is 33.4 Å². The lowest BCUT2D eigenvalue weighted by atomic mass is 9.67. The molecule has 150 valence electrons. The summed E-state index contributed by atoms with van der Waals surface area (Å²) in [6, 6.07) is 0. The third-order valence-corrected chi connectivity index (χ3v) is 5.26. The van der Waals surface area contributed by atoms with E-state index in [2.05, 4.69) is 36.3 Å². The molecule has 1 saturated carbocycles. The number of methoxy groups -OCH3 is 1. The molecule has 0 heterocycles. The fourth-order valence-corrected chi connectivity index (χ4v) is 3.28. The maximum atomic E-state index is 5.27. The number of rotatable bonds is 13. The molecule has 0 bridgehead atoms. The van der Waals surface area contributed by atoms with Gasteiger partial charge in [0.05, 0.1) is 0 Å². The van der Waals surface area contributed by atoms with Crippen molar-refractivity contribution in [2.24, 2.45) is 10.4 Å². The van der Waals surface area contributed by atoms with E-state index in [-0.39, 0.29) is 24.0 Å². The van der Waals surface area contributed by atoms with Gasteiger partial charge in [0.1, 0.15) is 0 Å². The highest BCUT2D eigenvalue weighted by Gasteiger charge is 2.36. The van der Waals surface area contributed by atoms with Crippen LogP contribution in [0.25, 0.3) is 0 Å². The van der Waals surface area contributed by atoms with Gasteiger partial charge in [-0.3, -0.25) is 4.99 Å². The summed E-state index contributed by atoms with van der Waals surface area (Å²) in [5, 5.41) is 6.88. The molecule has 0 aromatic heterocycles. The number of hydrogen-bond acceptors (Lipinski definition) is 3.